The SMILES string of the molecule is CCC(CNc1cc(-c2cnc3c(c2)CCCO3)ncn1)c1cccc2c(C(=O)NC)ccnc12. The number of hydrogen-bond donors (Lipinski definition) is 2. The van der Waals surface area contributed by atoms with Gasteiger partial charge in [-0.15, -0.1) is 0 Å². The maximum absolute atomic E-state index is 12.3. The third-order valence-corrected chi connectivity index (χ3v) is 6.45. The highest BCUT2D eigenvalue weighted by atomic mass is 16.5. The average molecular weight is 469 g/mol. The van der Waals surface area contributed by atoms with Crippen LogP contribution < -0.4 is 15.4 Å². The van der Waals surface area contributed by atoms with Crippen LogP contribution in [0.4, 0.5) is 5.82 Å². The van der Waals surface area contributed by atoms with Crippen LogP contribution in [0.5, 0.6) is 5.88 Å². The predicted octanol–water partition coefficient (Wildman–Crippen LogP) is 4.38. The summed E-state index contributed by atoms with van der Waals surface area (Å²) in [4.78, 5) is 30.3. The van der Waals surface area contributed by atoms with E-state index >= 15 is 0 Å². The Kier molecular flexibility index (Phi) is 6.52. The Morgan fingerprint density at radius 3 is 2.91 bits per heavy atom. The number of rotatable bonds is 7. The van der Waals surface area contributed by atoms with Gasteiger partial charge in [0.25, 0.3) is 5.91 Å². The zero-order chi connectivity index (χ0) is 24.2. The Labute approximate surface area is 204 Å². The fourth-order valence-corrected chi connectivity index (χ4v) is 4.55. The number of pyridine rings is 2. The molecule has 1 atom stereocenters. The minimum absolute atomic E-state index is 0.113. The van der Waals surface area contributed by atoms with Crippen LogP contribution in [0.1, 0.15) is 47.2 Å². The summed E-state index contributed by atoms with van der Waals surface area (Å²) < 4.78 is 5.63. The van der Waals surface area contributed by atoms with Crippen molar-refractivity contribution in [1.82, 2.24) is 25.3 Å². The summed E-state index contributed by atoms with van der Waals surface area (Å²) in [6, 6.07) is 11.8. The number of carbonyl (C=O) groups is 1. The number of ether oxygens (including phenoxy) is 1. The summed E-state index contributed by atoms with van der Waals surface area (Å²) in [6.07, 6.45) is 7.95. The maximum Gasteiger partial charge on any atom is 0.251 e. The van der Waals surface area contributed by atoms with Crippen LogP contribution in [-0.4, -0.2) is 46.0 Å². The van der Waals surface area contributed by atoms with Crippen molar-refractivity contribution in [3.63, 3.8) is 0 Å². The molecular formula is C27H28N6O2. The van der Waals surface area contributed by atoms with Gasteiger partial charge in [0.2, 0.25) is 5.88 Å². The molecule has 1 unspecified atom stereocenters. The molecule has 4 aromatic rings. The molecule has 1 aromatic carbocycles. The second kappa shape index (κ2) is 10.0. The van der Waals surface area contributed by atoms with Crippen LogP contribution in [0.25, 0.3) is 22.2 Å². The van der Waals surface area contributed by atoms with E-state index in [1.165, 1.54) is 0 Å². The fraction of sp³-hybridized carbons (Fsp3) is 0.296. The number of nitrogens with zero attached hydrogens (tertiary/aromatic N) is 4. The van der Waals surface area contributed by atoms with Gasteiger partial charge in [0.1, 0.15) is 12.1 Å². The first-order chi connectivity index (χ1) is 17.2. The van der Waals surface area contributed by atoms with Crippen molar-refractivity contribution in [3.05, 3.63) is 71.8 Å². The number of benzene rings is 1. The summed E-state index contributed by atoms with van der Waals surface area (Å²) in [6.45, 7) is 3.55. The Morgan fingerprint density at radius 2 is 2.06 bits per heavy atom. The first-order valence-corrected chi connectivity index (χ1v) is 12.0. The summed E-state index contributed by atoms with van der Waals surface area (Å²) in [7, 11) is 1.64. The average Bonchev–Trinajstić information content (AvgIpc) is 2.92. The van der Waals surface area contributed by atoms with Crippen molar-refractivity contribution in [2.24, 2.45) is 0 Å². The minimum atomic E-state index is -0.113. The largest absolute Gasteiger partial charge is 0.477 e. The maximum atomic E-state index is 12.3. The molecule has 0 bridgehead atoms. The van der Waals surface area contributed by atoms with Gasteiger partial charge in [0.05, 0.1) is 23.4 Å². The van der Waals surface area contributed by atoms with Crippen molar-refractivity contribution < 1.29 is 9.53 Å². The Hall–Kier alpha value is -4.07. The van der Waals surface area contributed by atoms with Crippen LogP contribution in [-0.2, 0) is 6.42 Å². The first kappa shape index (κ1) is 22.7. The number of aromatic nitrogens is 4. The number of amides is 1. The van der Waals surface area contributed by atoms with Crippen molar-refractivity contribution in [2.45, 2.75) is 32.1 Å². The van der Waals surface area contributed by atoms with Crippen LogP contribution >= 0.6 is 0 Å². The van der Waals surface area contributed by atoms with Gasteiger partial charge < -0.3 is 15.4 Å². The molecule has 35 heavy (non-hydrogen) atoms. The number of nitrogens with one attached hydrogen (secondary N) is 2. The molecule has 4 heterocycles. The zero-order valence-corrected chi connectivity index (χ0v) is 19.9. The molecule has 178 valence electrons. The van der Waals surface area contributed by atoms with Crippen LogP contribution in [0, 0.1) is 0 Å². The van der Waals surface area contributed by atoms with Gasteiger partial charge in [0.15, 0.2) is 0 Å². The summed E-state index contributed by atoms with van der Waals surface area (Å²) in [5.41, 5.74) is 5.48. The van der Waals surface area contributed by atoms with E-state index in [1.54, 1.807) is 31.8 Å². The second-order valence-corrected chi connectivity index (χ2v) is 8.60. The molecule has 3 aromatic heterocycles. The third-order valence-electron chi connectivity index (χ3n) is 6.45. The lowest BCUT2D eigenvalue weighted by molar-refractivity contribution is 0.0964. The van der Waals surface area contributed by atoms with Gasteiger partial charge in [0, 0.05) is 54.5 Å². The van der Waals surface area contributed by atoms with E-state index in [0.29, 0.717) is 12.1 Å². The molecule has 8 heteroatoms. The number of anilines is 1. The van der Waals surface area contributed by atoms with Crippen LogP contribution in [0.15, 0.2) is 55.1 Å². The highest BCUT2D eigenvalue weighted by molar-refractivity contribution is 6.06. The minimum Gasteiger partial charge on any atom is -0.477 e. The molecule has 5 rings (SSSR count). The molecular weight excluding hydrogens is 440 g/mol. The third kappa shape index (κ3) is 4.64. The lowest BCUT2D eigenvalue weighted by Crippen LogP contribution is -2.18. The van der Waals surface area contributed by atoms with E-state index in [4.69, 9.17) is 4.74 Å². The van der Waals surface area contributed by atoms with Gasteiger partial charge in [-0.2, -0.15) is 0 Å². The molecule has 1 amide bonds. The van der Waals surface area contributed by atoms with Crippen LogP contribution in [0.2, 0.25) is 0 Å². The molecule has 2 N–H and O–H groups in total. The van der Waals surface area contributed by atoms with Gasteiger partial charge >= 0.3 is 0 Å². The molecule has 1 aliphatic heterocycles. The van der Waals surface area contributed by atoms with E-state index in [0.717, 1.165) is 70.9 Å². The number of para-hydroxylation sites is 1. The lowest BCUT2D eigenvalue weighted by atomic mass is 9.92. The monoisotopic (exact) mass is 468 g/mol. The van der Waals surface area contributed by atoms with E-state index in [1.807, 2.05) is 18.2 Å². The molecule has 0 saturated carbocycles. The fourth-order valence-electron chi connectivity index (χ4n) is 4.55. The second-order valence-electron chi connectivity index (χ2n) is 8.60. The molecule has 8 nitrogen and oxygen atoms in total. The normalized spacial score (nSPS) is 13.5. The number of hydrogen-bond acceptors (Lipinski definition) is 7. The molecule has 1 aliphatic rings. The molecule has 0 radical (unpaired) electrons. The van der Waals surface area contributed by atoms with Crippen LogP contribution in [0.3, 0.4) is 0 Å². The van der Waals surface area contributed by atoms with E-state index < -0.39 is 0 Å². The standard InChI is InChI=1S/C27H28N6O2/c1-3-17(20-7-4-8-21-22(26(34)28-2)9-10-29-25(20)21)14-30-24-13-23(32-16-33-24)19-12-18-6-5-11-35-27(18)31-15-19/h4,7-10,12-13,15-17H,3,5-6,11,14H2,1-2H3,(H,28,34)(H,30,32,33). The smallest absolute Gasteiger partial charge is 0.251 e. The number of fused-ring (bicyclic) bond motifs is 2. The van der Waals surface area contributed by atoms with E-state index in [2.05, 4.69) is 49.6 Å². The van der Waals surface area contributed by atoms with Gasteiger partial charge in [-0.05, 0) is 37.0 Å². The predicted molar refractivity (Wildman–Crippen MR) is 136 cm³/mol. The van der Waals surface area contributed by atoms with E-state index in [-0.39, 0.29) is 11.8 Å². The summed E-state index contributed by atoms with van der Waals surface area (Å²) >= 11 is 0. The van der Waals surface area contributed by atoms with Crippen molar-refractivity contribution >= 4 is 22.6 Å². The quantitative estimate of drug-likeness (QED) is 0.415. The number of carbonyl (C=O) groups excluding carboxylic acids is 1. The van der Waals surface area contributed by atoms with Crippen molar-refractivity contribution in [2.75, 3.05) is 25.5 Å². The van der Waals surface area contributed by atoms with E-state index in [9.17, 15) is 4.79 Å². The molecule has 0 aliphatic carbocycles. The van der Waals surface area contributed by atoms with Crippen molar-refractivity contribution in [1.29, 1.82) is 0 Å². The molecule has 0 fully saturated rings. The number of aryl methyl sites for hydroxylation is 1. The first-order valence-electron chi connectivity index (χ1n) is 12.0. The Morgan fingerprint density at radius 1 is 1.14 bits per heavy atom. The Balaban J connectivity index is 1.38. The summed E-state index contributed by atoms with van der Waals surface area (Å²) in [5.74, 6) is 1.55. The Bertz CT molecular complexity index is 1370. The summed E-state index contributed by atoms with van der Waals surface area (Å²) in [5, 5.41) is 7.05. The molecule has 0 saturated heterocycles. The topological polar surface area (TPSA) is 102 Å². The lowest BCUT2D eigenvalue weighted by Gasteiger charge is -2.19. The van der Waals surface area contributed by atoms with Gasteiger partial charge in [-0.3, -0.25) is 9.78 Å². The molecule has 0 spiro atoms. The van der Waals surface area contributed by atoms with Crippen molar-refractivity contribution in [3.8, 4) is 17.1 Å². The van der Waals surface area contributed by atoms with Gasteiger partial charge in [-0.1, -0.05) is 25.1 Å². The highest BCUT2D eigenvalue weighted by Crippen LogP contribution is 2.30. The zero-order valence-electron chi connectivity index (χ0n) is 19.9. The van der Waals surface area contributed by atoms with Gasteiger partial charge in [-0.25, -0.2) is 15.0 Å². The highest BCUT2D eigenvalue weighted by Gasteiger charge is 2.18.